The second-order valence-corrected chi connectivity index (χ2v) is 6.85. The number of carbonyl (C=O) groups excluding carboxylic acids is 2. The van der Waals surface area contributed by atoms with Crippen LogP contribution < -0.4 is 10.1 Å². The minimum absolute atomic E-state index is 0.0125. The number of hydrogen-bond donors (Lipinski definition) is 1. The lowest BCUT2D eigenvalue weighted by molar-refractivity contribution is -0.137. The normalized spacial score (nSPS) is 15.0. The highest BCUT2D eigenvalue weighted by Gasteiger charge is 2.27. The van der Waals surface area contributed by atoms with Crippen molar-refractivity contribution in [3.8, 4) is 5.75 Å². The van der Waals surface area contributed by atoms with Crippen LogP contribution >= 0.6 is 0 Å². The van der Waals surface area contributed by atoms with Gasteiger partial charge >= 0.3 is 0 Å². The molecule has 0 saturated carbocycles. The van der Waals surface area contributed by atoms with Gasteiger partial charge in [-0.2, -0.15) is 0 Å². The molecule has 1 aliphatic rings. The van der Waals surface area contributed by atoms with Crippen LogP contribution in [0.5, 0.6) is 5.75 Å². The van der Waals surface area contributed by atoms with Gasteiger partial charge in [0.2, 0.25) is 5.91 Å². The summed E-state index contributed by atoms with van der Waals surface area (Å²) in [7, 11) is 1.65. The molecule has 0 aromatic heterocycles. The summed E-state index contributed by atoms with van der Waals surface area (Å²) in [5.74, 6) is 0.801. The van der Waals surface area contributed by atoms with Crippen molar-refractivity contribution in [2.24, 2.45) is 5.92 Å². The molecule has 1 aromatic carbocycles. The molecule has 2 amide bonds. The average Bonchev–Trinajstić information content (AvgIpc) is 2.65. The Morgan fingerprint density at radius 1 is 1.23 bits per heavy atom. The number of nitrogens with one attached hydrogen (secondary N) is 1. The third kappa shape index (κ3) is 6.02. The van der Waals surface area contributed by atoms with Gasteiger partial charge in [0.1, 0.15) is 5.75 Å². The molecule has 0 atom stereocenters. The maximum Gasteiger partial charge on any atom is 0.260 e. The topological polar surface area (TPSA) is 67.9 Å². The highest BCUT2D eigenvalue weighted by atomic mass is 16.5. The lowest BCUT2D eigenvalue weighted by Gasteiger charge is -2.31. The van der Waals surface area contributed by atoms with E-state index in [1.807, 2.05) is 32.0 Å². The summed E-state index contributed by atoms with van der Waals surface area (Å²) in [6, 6.07) is 5.96. The van der Waals surface area contributed by atoms with E-state index >= 15 is 0 Å². The van der Waals surface area contributed by atoms with Crippen molar-refractivity contribution in [2.45, 2.75) is 33.1 Å². The zero-order chi connectivity index (χ0) is 18.9. The van der Waals surface area contributed by atoms with Gasteiger partial charge in [-0.05, 0) is 50.3 Å². The molecule has 1 aromatic rings. The number of aryl methyl sites for hydroxylation is 2. The lowest BCUT2D eigenvalue weighted by atomic mass is 9.96. The minimum atomic E-state index is -0.0233. The number of likely N-dealkylation sites (tertiary alicyclic amines) is 1. The predicted molar refractivity (Wildman–Crippen MR) is 100 cm³/mol. The van der Waals surface area contributed by atoms with Crippen molar-refractivity contribution in [2.75, 3.05) is 40.0 Å². The molecule has 1 heterocycles. The first-order valence-electron chi connectivity index (χ1n) is 9.25. The maximum atomic E-state index is 12.4. The van der Waals surface area contributed by atoms with Crippen LogP contribution in [0, 0.1) is 19.8 Å². The summed E-state index contributed by atoms with van der Waals surface area (Å²) < 4.78 is 10.7. The van der Waals surface area contributed by atoms with Crippen molar-refractivity contribution in [1.29, 1.82) is 0 Å². The summed E-state index contributed by atoms with van der Waals surface area (Å²) in [6.07, 6.45) is 2.21. The van der Waals surface area contributed by atoms with E-state index in [2.05, 4.69) is 5.32 Å². The van der Waals surface area contributed by atoms with Gasteiger partial charge in [-0.1, -0.05) is 12.1 Å². The Labute approximate surface area is 155 Å². The molecule has 1 N–H and O–H groups in total. The zero-order valence-corrected chi connectivity index (χ0v) is 16.0. The van der Waals surface area contributed by atoms with E-state index in [-0.39, 0.29) is 24.3 Å². The highest BCUT2D eigenvalue weighted by Crippen LogP contribution is 2.20. The molecule has 0 aliphatic carbocycles. The number of hydrogen-bond acceptors (Lipinski definition) is 4. The van der Waals surface area contributed by atoms with Crippen LogP contribution in [0.4, 0.5) is 0 Å². The van der Waals surface area contributed by atoms with Crippen LogP contribution in [0.3, 0.4) is 0 Å². The third-order valence-corrected chi connectivity index (χ3v) is 4.74. The quantitative estimate of drug-likeness (QED) is 0.719. The summed E-state index contributed by atoms with van der Waals surface area (Å²) in [5, 5.41) is 2.94. The average molecular weight is 362 g/mol. The van der Waals surface area contributed by atoms with Gasteiger partial charge in [0, 0.05) is 39.3 Å². The second kappa shape index (κ2) is 10.2. The molecule has 6 nitrogen and oxygen atoms in total. The number of rotatable bonds is 8. The molecule has 1 fully saturated rings. The Bertz CT molecular complexity index is 610. The second-order valence-electron chi connectivity index (χ2n) is 6.85. The van der Waals surface area contributed by atoms with Gasteiger partial charge in [0.05, 0.1) is 0 Å². The summed E-state index contributed by atoms with van der Waals surface area (Å²) in [4.78, 5) is 26.3. The van der Waals surface area contributed by atoms with Crippen LogP contribution in [0.2, 0.25) is 0 Å². The number of methoxy groups -OCH3 is 1. The maximum absolute atomic E-state index is 12.4. The van der Waals surface area contributed by atoms with E-state index in [0.29, 0.717) is 39.1 Å². The van der Waals surface area contributed by atoms with Gasteiger partial charge in [0.25, 0.3) is 5.91 Å². The standard InChI is InChI=1S/C20H30N2O4/c1-15-5-6-16(2)18(13-15)26-14-19(23)22-10-7-17(8-11-22)20(24)21-9-4-12-25-3/h5-6,13,17H,4,7-12,14H2,1-3H3,(H,21,24). The molecule has 2 rings (SSSR count). The number of nitrogens with zero attached hydrogens (tertiary/aromatic N) is 1. The smallest absolute Gasteiger partial charge is 0.260 e. The van der Waals surface area contributed by atoms with Gasteiger partial charge < -0.3 is 19.7 Å². The van der Waals surface area contributed by atoms with E-state index < -0.39 is 0 Å². The Morgan fingerprint density at radius 2 is 1.96 bits per heavy atom. The first-order valence-corrected chi connectivity index (χ1v) is 9.25. The van der Waals surface area contributed by atoms with Gasteiger partial charge in [-0.25, -0.2) is 0 Å². The highest BCUT2D eigenvalue weighted by molar-refractivity contribution is 5.80. The predicted octanol–water partition coefficient (Wildman–Crippen LogP) is 2.07. The summed E-state index contributed by atoms with van der Waals surface area (Å²) >= 11 is 0. The Morgan fingerprint density at radius 3 is 2.65 bits per heavy atom. The third-order valence-electron chi connectivity index (χ3n) is 4.74. The van der Waals surface area contributed by atoms with Crippen molar-refractivity contribution in [3.05, 3.63) is 29.3 Å². The molecule has 0 unspecified atom stereocenters. The van der Waals surface area contributed by atoms with Crippen LogP contribution in [-0.2, 0) is 14.3 Å². The van der Waals surface area contributed by atoms with E-state index in [4.69, 9.17) is 9.47 Å². The van der Waals surface area contributed by atoms with Crippen LogP contribution in [0.25, 0.3) is 0 Å². The van der Waals surface area contributed by atoms with Gasteiger partial charge in [-0.3, -0.25) is 9.59 Å². The Hall–Kier alpha value is -2.08. The van der Waals surface area contributed by atoms with E-state index in [9.17, 15) is 9.59 Å². The van der Waals surface area contributed by atoms with E-state index in [1.165, 1.54) is 0 Å². The fourth-order valence-electron chi connectivity index (χ4n) is 3.06. The van der Waals surface area contributed by atoms with Crippen LogP contribution in [-0.4, -0.2) is 56.7 Å². The van der Waals surface area contributed by atoms with Crippen LogP contribution in [0.1, 0.15) is 30.4 Å². The molecule has 144 valence electrons. The van der Waals surface area contributed by atoms with Gasteiger partial charge in [0.15, 0.2) is 6.61 Å². The largest absolute Gasteiger partial charge is 0.483 e. The van der Waals surface area contributed by atoms with E-state index in [0.717, 1.165) is 23.3 Å². The summed E-state index contributed by atoms with van der Waals surface area (Å²) in [6.45, 7) is 6.49. The first-order chi connectivity index (χ1) is 12.5. The molecule has 1 saturated heterocycles. The van der Waals surface area contributed by atoms with Gasteiger partial charge in [-0.15, -0.1) is 0 Å². The Balaban J connectivity index is 1.72. The van der Waals surface area contributed by atoms with Crippen molar-refractivity contribution >= 4 is 11.8 Å². The molecule has 6 heteroatoms. The molecule has 0 radical (unpaired) electrons. The van der Waals surface area contributed by atoms with E-state index in [1.54, 1.807) is 12.0 Å². The number of benzene rings is 1. The van der Waals surface area contributed by atoms with Crippen molar-refractivity contribution in [3.63, 3.8) is 0 Å². The molecule has 0 bridgehead atoms. The zero-order valence-electron chi connectivity index (χ0n) is 16.0. The fraction of sp³-hybridized carbons (Fsp3) is 0.600. The van der Waals surface area contributed by atoms with Crippen molar-refractivity contribution < 1.29 is 19.1 Å². The number of carbonyl (C=O) groups is 2. The Kier molecular flexibility index (Phi) is 7.91. The summed E-state index contributed by atoms with van der Waals surface area (Å²) in [5.41, 5.74) is 2.13. The first kappa shape index (κ1) is 20.2. The molecule has 1 aliphatic heterocycles. The molecular formula is C20H30N2O4. The number of amides is 2. The fourth-order valence-corrected chi connectivity index (χ4v) is 3.06. The molecule has 0 spiro atoms. The molecular weight excluding hydrogens is 332 g/mol. The number of ether oxygens (including phenoxy) is 2. The minimum Gasteiger partial charge on any atom is -0.483 e. The lowest BCUT2D eigenvalue weighted by Crippen LogP contribution is -2.44. The SMILES string of the molecule is COCCCNC(=O)C1CCN(C(=O)COc2cc(C)ccc2C)CC1. The molecule has 26 heavy (non-hydrogen) atoms. The number of piperidine rings is 1. The van der Waals surface area contributed by atoms with Crippen molar-refractivity contribution in [1.82, 2.24) is 10.2 Å². The monoisotopic (exact) mass is 362 g/mol. The van der Waals surface area contributed by atoms with Crippen LogP contribution in [0.15, 0.2) is 18.2 Å².